The monoisotopic (exact) mass is 255 g/mol. The fourth-order valence-corrected chi connectivity index (χ4v) is 2.55. The maximum atomic E-state index is 13.9. The molecular weight excluding hydrogens is 245 g/mol. The summed E-state index contributed by atoms with van der Waals surface area (Å²) in [4.78, 5) is 0. The van der Waals surface area contributed by atoms with Crippen LogP contribution in [0.15, 0.2) is 35.0 Å². The van der Waals surface area contributed by atoms with Crippen molar-refractivity contribution in [2.75, 3.05) is 7.05 Å². The molecule has 0 spiro atoms. The zero-order valence-electron chi connectivity index (χ0n) is 8.71. The van der Waals surface area contributed by atoms with Crippen molar-refractivity contribution in [3.8, 4) is 0 Å². The zero-order chi connectivity index (χ0) is 11.5. The summed E-state index contributed by atoms with van der Waals surface area (Å²) in [6, 6.07) is 6.90. The molecule has 0 amide bonds. The van der Waals surface area contributed by atoms with Crippen molar-refractivity contribution >= 4 is 22.9 Å². The molecule has 1 N–H and O–H groups in total. The quantitative estimate of drug-likeness (QED) is 0.879. The minimum Gasteiger partial charge on any atom is -0.309 e. The Hall–Kier alpha value is -0.900. The van der Waals surface area contributed by atoms with Crippen LogP contribution in [-0.2, 0) is 0 Å². The molecular formula is C12H11ClFNS. The van der Waals surface area contributed by atoms with E-state index in [1.54, 1.807) is 29.5 Å². The molecule has 2 rings (SSSR count). The molecule has 0 bridgehead atoms. The van der Waals surface area contributed by atoms with Crippen LogP contribution in [0.2, 0.25) is 5.02 Å². The van der Waals surface area contributed by atoms with Gasteiger partial charge in [-0.15, -0.1) is 0 Å². The highest BCUT2D eigenvalue weighted by Crippen LogP contribution is 2.28. The molecule has 0 aliphatic carbocycles. The lowest BCUT2D eigenvalue weighted by atomic mass is 10.0. The Labute approximate surface area is 103 Å². The van der Waals surface area contributed by atoms with E-state index >= 15 is 0 Å². The zero-order valence-corrected chi connectivity index (χ0v) is 10.3. The van der Waals surface area contributed by atoms with Gasteiger partial charge in [-0.2, -0.15) is 11.3 Å². The van der Waals surface area contributed by atoms with Crippen molar-refractivity contribution < 1.29 is 4.39 Å². The fraction of sp³-hybridized carbons (Fsp3) is 0.167. The highest BCUT2D eigenvalue weighted by Gasteiger charge is 2.17. The first-order valence-electron chi connectivity index (χ1n) is 4.87. The Kier molecular flexibility index (Phi) is 3.59. The number of benzene rings is 1. The van der Waals surface area contributed by atoms with Gasteiger partial charge in [0.2, 0.25) is 0 Å². The SMILES string of the molecule is CNC(c1ccsc1)c1cccc(Cl)c1F. The molecule has 2 aromatic rings. The Morgan fingerprint density at radius 1 is 1.38 bits per heavy atom. The van der Waals surface area contributed by atoms with Crippen LogP contribution in [0.1, 0.15) is 17.2 Å². The molecule has 4 heteroatoms. The van der Waals surface area contributed by atoms with Gasteiger partial charge in [0.15, 0.2) is 0 Å². The molecule has 1 atom stereocenters. The first kappa shape index (κ1) is 11.6. The standard InChI is InChI=1S/C12H11ClFNS/c1-15-12(8-5-6-16-7-8)9-3-2-4-10(13)11(9)14/h2-7,12,15H,1H3. The third-order valence-corrected chi connectivity index (χ3v) is 3.45. The van der Waals surface area contributed by atoms with Gasteiger partial charge in [0.05, 0.1) is 11.1 Å². The average molecular weight is 256 g/mol. The normalized spacial score (nSPS) is 12.7. The molecule has 0 radical (unpaired) electrons. The van der Waals surface area contributed by atoms with Gasteiger partial charge in [-0.05, 0) is 35.5 Å². The van der Waals surface area contributed by atoms with Gasteiger partial charge in [0.25, 0.3) is 0 Å². The van der Waals surface area contributed by atoms with Crippen molar-refractivity contribution in [2.45, 2.75) is 6.04 Å². The summed E-state index contributed by atoms with van der Waals surface area (Å²) in [7, 11) is 1.81. The lowest BCUT2D eigenvalue weighted by molar-refractivity contribution is 0.577. The highest BCUT2D eigenvalue weighted by atomic mass is 35.5. The highest BCUT2D eigenvalue weighted by molar-refractivity contribution is 7.08. The number of nitrogens with one attached hydrogen (secondary N) is 1. The third-order valence-electron chi connectivity index (χ3n) is 2.46. The van der Waals surface area contributed by atoms with E-state index in [2.05, 4.69) is 5.32 Å². The van der Waals surface area contributed by atoms with Gasteiger partial charge in [-0.25, -0.2) is 4.39 Å². The van der Waals surface area contributed by atoms with Gasteiger partial charge >= 0.3 is 0 Å². The third kappa shape index (κ3) is 2.12. The van der Waals surface area contributed by atoms with E-state index in [1.165, 1.54) is 0 Å². The smallest absolute Gasteiger partial charge is 0.146 e. The van der Waals surface area contributed by atoms with Crippen LogP contribution >= 0.6 is 22.9 Å². The van der Waals surface area contributed by atoms with Gasteiger partial charge in [0.1, 0.15) is 5.82 Å². The summed E-state index contributed by atoms with van der Waals surface area (Å²) in [5, 5.41) is 7.23. The summed E-state index contributed by atoms with van der Waals surface area (Å²) in [5.41, 5.74) is 1.63. The second-order valence-electron chi connectivity index (χ2n) is 3.42. The molecule has 16 heavy (non-hydrogen) atoms. The van der Waals surface area contributed by atoms with Crippen molar-refractivity contribution in [2.24, 2.45) is 0 Å². The lowest BCUT2D eigenvalue weighted by Crippen LogP contribution is -2.18. The van der Waals surface area contributed by atoms with E-state index in [9.17, 15) is 4.39 Å². The Balaban J connectivity index is 2.45. The summed E-state index contributed by atoms with van der Waals surface area (Å²) < 4.78 is 13.9. The minimum atomic E-state index is -0.352. The van der Waals surface area contributed by atoms with Crippen molar-refractivity contribution in [1.82, 2.24) is 5.32 Å². The second-order valence-corrected chi connectivity index (χ2v) is 4.61. The second kappa shape index (κ2) is 4.95. The van der Waals surface area contributed by atoms with Crippen molar-refractivity contribution in [3.63, 3.8) is 0 Å². The van der Waals surface area contributed by atoms with Crippen LogP contribution in [0.5, 0.6) is 0 Å². The van der Waals surface area contributed by atoms with Gasteiger partial charge in [-0.1, -0.05) is 23.7 Å². The molecule has 1 nitrogen and oxygen atoms in total. The number of hydrogen-bond donors (Lipinski definition) is 1. The van der Waals surface area contributed by atoms with E-state index in [0.717, 1.165) is 5.56 Å². The predicted molar refractivity (Wildman–Crippen MR) is 66.6 cm³/mol. The van der Waals surface area contributed by atoms with E-state index in [-0.39, 0.29) is 16.9 Å². The van der Waals surface area contributed by atoms with E-state index in [4.69, 9.17) is 11.6 Å². The van der Waals surface area contributed by atoms with Gasteiger partial charge in [-0.3, -0.25) is 0 Å². The molecule has 1 aromatic heterocycles. The topological polar surface area (TPSA) is 12.0 Å². The summed E-state index contributed by atoms with van der Waals surface area (Å²) in [6.07, 6.45) is 0. The van der Waals surface area contributed by atoms with Crippen LogP contribution in [0.4, 0.5) is 4.39 Å². The molecule has 1 heterocycles. The average Bonchev–Trinajstić information content (AvgIpc) is 2.79. The molecule has 0 aliphatic heterocycles. The number of rotatable bonds is 3. The van der Waals surface area contributed by atoms with E-state index < -0.39 is 0 Å². The van der Waals surface area contributed by atoms with Crippen LogP contribution in [-0.4, -0.2) is 7.05 Å². The molecule has 1 unspecified atom stereocenters. The predicted octanol–water partition coefficient (Wildman–Crippen LogP) is 3.85. The van der Waals surface area contributed by atoms with Crippen LogP contribution in [0.25, 0.3) is 0 Å². The first-order valence-corrected chi connectivity index (χ1v) is 6.19. The number of hydrogen-bond acceptors (Lipinski definition) is 2. The van der Waals surface area contributed by atoms with Crippen molar-refractivity contribution in [3.05, 3.63) is 57.0 Å². The Morgan fingerprint density at radius 2 is 2.19 bits per heavy atom. The molecule has 1 aromatic carbocycles. The van der Waals surface area contributed by atoms with Crippen LogP contribution < -0.4 is 5.32 Å². The van der Waals surface area contributed by atoms with Crippen LogP contribution in [0, 0.1) is 5.82 Å². The summed E-state index contributed by atoms with van der Waals surface area (Å²) >= 11 is 7.37. The van der Waals surface area contributed by atoms with Crippen LogP contribution in [0.3, 0.4) is 0 Å². The first-order chi connectivity index (χ1) is 7.74. The molecule has 0 saturated carbocycles. The maximum Gasteiger partial charge on any atom is 0.146 e. The number of thiophene rings is 1. The largest absolute Gasteiger partial charge is 0.309 e. The molecule has 0 aliphatic rings. The van der Waals surface area contributed by atoms with Gasteiger partial charge in [0, 0.05) is 5.56 Å². The lowest BCUT2D eigenvalue weighted by Gasteiger charge is -2.16. The maximum absolute atomic E-state index is 13.9. The Morgan fingerprint density at radius 3 is 2.81 bits per heavy atom. The number of halogens is 2. The van der Waals surface area contributed by atoms with Crippen molar-refractivity contribution in [1.29, 1.82) is 0 Å². The molecule has 0 fully saturated rings. The Bertz CT molecular complexity index is 470. The fourth-order valence-electron chi connectivity index (χ4n) is 1.68. The van der Waals surface area contributed by atoms with Gasteiger partial charge < -0.3 is 5.32 Å². The summed E-state index contributed by atoms with van der Waals surface area (Å²) in [6.45, 7) is 0. The summed E-state index contributed by atoms with van der Waals surface area (Å²) in [5.74, 6) is -0.352. The minimum absolute atomic E-state index is 0.148. The molecule has 84 valence electrons. The van der Waals surface area contributed by atoms with E-state index in [0.29, 0.717) is 5.56 Å². The van der Waals surface area contributed by atoms with E-state index in [1.807, 2.05) is 23.9 Å². The molecule has 0 saturated heterocycles.